The van der Waals surface area contributed by atoms with E-state index in [0.717, 1.165) is 0 Å². The van der Waals surface area contributed by atoms with Gasteiger partial charge in [0.25, 0.3) is 0 Å². The minimum absolute atomic E-state index is 1.32. The lowest BCUT2D eigenvalue weighted by atomic mass is 10.0. The van der Waals surface area contributed by atoms with E-state index in [9.17, 15) is 0 Å². The van der Waals surface area contributed by atoms with Gasteiger partial charge in [0.05, 0.1) is 0 Å². The second kappa shape index (κ2) is 20.5. The second-order valence-electron chi connectivity index (χ2n) is 8.74. The topological polar surface area (TPSA) is 0 Å². The lowest BCUT2D eigenvalue weighted by Crippen LogP contribution is -1.85. The average molecular weight is 453 g/mol. The molecule has 0 heteroatoms. The summed E-state index contributed by atoms with van der Waals surface area (Å²) in [6.45, 7) is 8.33. The summed E-state index contributed by atoms with van der Waals surface area (Å²) in [7, 11) is 0. The van der Waals surface area contributed by atoms with Crippen molar-refractivity contribution in [2.75, 3.05) is 0 Å². The average Bonchev–Trinajstić information content (AvgIpc) is 2.89. The van der Waals surface area contributed by atoms with E-state index in [2.05, 4.69) is 76.2 Å². The first-order valence-electron chi connectivity index (χ1n) is 12.6. The number of rotatable bonds is 0. The van der Waals surface area contributed by atoms with Crippen LogP contribution in [0.4, 0.5) is 0 Å². The molecule has 0 unspecified atom stereocenters. The van der Waals surface area contributed by atoms with E-state index in [1.165, 1.54) is 60.8 Å². The van der Waals surface area contributed by atoms with Crippen molar-refractivity contribution < 1.29 is 0 Å². The molecule has 1 aliphatic rings. The molecule has 0 bridgehead atoms. The highest BCUT2D eigenvalue weighted by Gasteiger charge is 1.95. The predicted octanol–water partition coefficient (Wildman–Crippen LogP) is 10.3. The molecule has 0 N–H and O–H groups in total. The van der Waals surface area contributed by atoms with Gasteiger partial charge in [0.1, 0.15) is 0 Å². The van der Waals surface area contributed by atoms with E-state index in [0.29, 0.717) is 0 Å². The molecule has 0 nitrogen and oxygen atoms in total. The van der Waals surface area contributed by atoms with Crippen LogP contribution < -0.4 is 0 Å². The Morgan fingerprint density at radius 3 is 0.500 bits per heavy atom. The first-order valence-corrected chi connectivity index (χ1v) is 12.6. The van der Waals surface area contributed by atoms with Crippen molar-refractivity contribution in [3.8, 4) is 0 Å². The highest BCUT2D eigenvalue weighted by molar-refractivity contribution is 5.13. The van der Waals surface area contributed by atoms with Gasteiger partial charge < -0.3 is 0 Å². The summed E-state index contributed by atoms with van der Waals surface area (Å²) in [6.07, 6.45) is 9.00. The Labute approximate surface area is 209 Å². The zero-order valence-corrected chi connectivity index (χ0v) is 21.8. The summed E-state index contributed by atoms with van der Waals surface area (Å²) in [6, 6.07) is 41.0. The SMILES string of the molecule is C1CCCCC1.Cc1ccccc1.Cc1ccccc1.Cc1ccccc1.Cc1ccccc1. The van der Waals surface area contributed by atoms with Crippen LogP contribution in [0.15, 0.2) is 121 Å². The number of hydrogen-bond acceptors (Lipinski definition) is 0. The Morgan fingerprint density at radius 2 is 0.412 bits per heavy atom. The van der Waals surface area contributed by atoms with Gasteiger partial charge in [-0.25, -0.2) is 0 Å². The number of hydrogen-bond donors (Lipinski definition) is 0. The van der Waals surface area contributed by atoms with Crippen LogP contribution in [0.1, 0.15) is 60.8 Å². The molecule has 0 radical (unpaired) electrons. The fourth-order valence-electron chi connectivity index (χ4n) is 3.20. The summed E-state index contributed by atoms with van der Waals surface area (Å²) in [5.41, 5.74) is 5.29. The van der Waals surface area contributed by atoms with Gasteiger partial charge in [0.15, 0.2) is 0 Å². The van der Waals surface area contributed by atoms with E-state index in [1.54, 1.807) is 0 Å². The van der Waals surface area contributed by atoms with Crippen LogP contribution in [0, 0.1) is 27.7 Å². The molecule has 0 amide bonds. The highest BCUT2D eigenvalue weighted by atomic mass is 14.0. The highest BCUT2D eigenvalue weighted by Crippen LogP contribution is 2.15. The molecular formula is C34H44. The van der Waals surface area contributed by atoms with Gasteiger partial charge >= 0.3 is 0 Å². The monoisotopic (exact) mass is 452 g/mol. The van der Waals surface area contributed by atoms with Crippen molar-refractivity contribution in [1.29, 1.82) is 0 Å². The zero-order chi connectivity index (χ0) is 24.7. The molecule has 1 fully saturated rings. The van der Waals surface area contributed by atoms with Crippen molar-refractivity contribution in [2.45, 2.75) is 66.2 Å². The molecule has 1 aliphatic carbocycles. The van der Waals surface area contributed by atoms with E-state index < -0.39 is 0 Å². The molecule has 4 aromatic carbocycles. The first kappa shape index (κ1) is 28.9. The molecule has 0 aliphatic heterocycles. The molecule has 0 heterocycles. The normalized spacial score (nSPS) is 11.4. The van der Waals surface area contributed by atoms with Crippen molar-refractivity contribution in [1.82, 2.24) is 0 Å². The number of benzene rings is 4. The van der Waals surface area contributed by atoms with Crippen LogP contribution in [-0.4, -0.2) is 0 Å². The molecule has 180 valence electrons. The third-order valence-electron chi connectivity index (χ3n) is 5.26. The molecule has 0 aromatic heterocycles. The molecule has 0 atom stereocenters. The van der Waals surface area contributed by atoms with Crippen LogP contribution in [-0.2, 0) is 0 Å². The van der Waals surface area contributed by atoms with Gasteiger partial charge in [-0.15, -0.1) is 0 Å². The summed E-state index contributed by atoms with van der Waals surface area (Å²) < 4.78 is 0. The van der Waals surface area contributed by atoms with Gasteiger partial charge in [-0.05, 0) is 27.7 Å². The van der Waals surface area contributed by atoms with Crippen LogP contribution in [0.25, 0.3) is 0 Å². The van der Waals surface area contributed by atoms with Crippen molar-refractivity contribution in [3.05, 3.63) is 144 Å². The van der Waals surface area contributed by atoms with E-state index in [-0.39, 0.29) is 0 Å². The Kier molecular flexibility index (Phi) is 17.4. The van der Waals surface area contributed by atoms with Gasteiger partial charge in [-0.1, -0.05) is 182 Å². The fraction of sp³-hybridized carbons (Fsp3) is 0.294. The third-order valence-corrected chi connectivity index (χ3v) is 5.26. The Morgan fingerprint density at radius 1 is 0.265 bits per heavy atom. The maximum atomic E-state index is 2.08. The van der Waals surface area contributed by atoms with Crippen LogP contribution in [0.3, 0.4) is 0 Å². The van der Waals surface area contributed by atoms with Gasteiger partial charge in [-0.3, -0.25) is 0 Å². The minimum atomic E-state index is 1.32. The van der Waals surface area contributed by atoms with Crippen molar-refractivity contribution >= 4 is 0 Å². The summed E-state index contributed by atoms with van der Waals surface area (Å²) in [5, 5.41) is 0. The third kappa shape index (κ3) is 18.5. The fourth-order valence-corrected chi connectivity index (χ4v) is 3.20. The maximum absolute atomic E-state index is 2.08. The van der Waals surface area contributed by atoms with Gasteiger partial charge in [-0.2, -0.15) is 0 Å². The van der Waals surface area contributed by atoms with Crippen LogP contribution in [0.2, 0.25) is 0 Å². The van der Waals surface area contributed by atoms with Crippen LogP contribution >= 0.6 is 0 Å². The van der Waals surface area contributed by atoms with E-state index in [4.69, 9.17) is 0 Å². The summed E-state index contributed by atoms with van der Waals surface area (Å²) in [4.78, 5) is 0. The molecule has 34 heavy (non-hydrogen) atoms. The largest absolute Gasteiger partial charge is 0.0622 e. The molecular weight excluding hydrogens is 408 g/mol. The van der Waals surface area contributed by atoms with E-state index >= 15 is 0 Å². The maximum Gasteiger partial charge on any atom is -0.0398 e. The smallest absolute Gasteiger partial charge is 0.0398 e. The Bertz CT molecular complexity index is 747. The molecule has 5 rings (SSSR count). The molecule has 4 aromatic rings. The zero-order valence-electron chi connectivity index (χ0n) is 21.8. The molecule has 0 spiro atoms. The van der Waals surface area contributed by atoms with Crippen molar-refractivity contribution in [3.63, 3.8) is 0 Å². The first-order chi connectivity index (χ1) is 16.6. The van der Waals surface area contributed by atoms with E-state index in [1.807, 2.05) is 72.8 Å². The molecule has 1 saturated carbocycles. The lowest BCUT2D eigenvalue weighted by Gasteiger charge is -2.05. The lowest BCUT2D eigenvalue weighted by molar-refractivity contribution is 0.504. The number of aryl methyl sites for hydroxylation is 4. The van der Waals surface area contributed by atoms with Gasteiger partial charge in [0.2, 0.25) is 0 Å². The minimum Gasteiger partial charge on any atom is -0.0622 e. The quantitative estimate of drug-likeness (QED) is 0.249. The molecule has 0 saturated heterocycles. The van der Waals surface area contributed by atoms with Gasteiger partial charge in [0, 0.05) is 0 Å². The Balaban J connectivity index is 0.000000213. The summed E-state index contributed by atoms with van der Waals surface area (Å²) >= 11 is 0. The predicted molar refractivity (Wildman–Crippen MR) is 152 cm³/mol. The second-order valence-corrected chi connectivity index (χ2v) is 8.74. The standard InChI is InChI=1S/4C7H8.C6H12/c4*1-7-5-3-2-4-6-7;1-2-4-6-5-3-1/h4*2-6H,1H3;1-6H2. The van der Waals surface area contributed by atoms with Crippen LogP contribution in [0.5, 0.6) is 0 Å². The Hall–Kier alpha value is -3.12. The van der Waals surface area contributed by atoms with Crippen molar-refractivity contribution in [2.24, 2.45) is 0 Å². The summed E-state index contributed by atoms with van der Waals surface area (Å²) in [5.74, 6) is 0.